The van der Waals surface area contributed by atoms with Crippen LogP contribution >= 0.6 is 0 Å². The summed E-state index contributed by atoms with van der Waals surface area (Å²) in [4.78, 5) is 22.9. The van der Waals surface area contributed by atoms with Gasteiger partial charge in [0, 0.05) is 18.5 Å². The normalized spacial score (nSPS) is 23.1. The number of nitrogens with one attached hydrogen (secondary N) is 2. The predicted molar refractivity (Wildman–Crippen MR) is 88.9 cm³/mol. The Kier molecular flexibility index (Phi) is 3.49. The standard InChI is InChI=1S/C19H18N2O3/c22-18(23)12-7-5-11(6-8-12)10-20-19(24)21-17-15-9-13-3-1-2-4-14(13)16(15)17/h1-8,15-17H,9-10H2,(H,22,23)(H2,20,21,24). The van der Waals surface area contributed by atoms with Gasteiger partial charge in [0.25, 0.3) is 0 Å². The molecule has 0 spiro atoms. The first-order chi connectivity index (χ1) is 11.6. The summed E-state index contributed by atoms with van der Waals surface area (Å²) in [6.45, 7) is 0.379. The lowest BCUT2D eigenvalue weighted by Gasteiger charge is -2.11. The summed E-state index contributed by atoms with van der Waals surface area (Å²) in [5, 5.41) is 14.8. The predicted octanol–water partition coefficient (Wildman–Crippen LogP) is 2.52. The lowest BCUT2D eigenvalue weighted by Crippen LogP contribution is -2.38. The quantitative estimate of drug-likeness (QED) is 0.809. The first kappa shape index (κ1) is 14.8. The van der Waals surface area contributed by atoms with Crippen LogP contribution in [0.25, 0.3) is 0 Å². The maximum absolute atomic E-state index is 12.1. The van der Waals surface area contributed by atoms with Gasteiger partial charge in [-0.3, -0.25) is 0 Å². The minimum Gasteiger partial charge on any atom is -0.478 e. The van der Waals surface area contributed by atoms with Crippen molar-refractivity contribution in [1.82, 2.24) is 10.6 Å². The lowest BCUT2D eigenvalue weighted by atomic mass is 10.1. The molecule has 0 aromatic heterocycles. The summed E-state index contributed by atoms with van der Waals surface area (Å²) in [6.07, 6.45) is 1.04. The lowest BCUT2D eigenvalue weighted by molar-refractivity contribution is 0.0697. The Balaban J connectivity index is 1.29. The van der Waals surface area contributed by atoms with E-state index in [1.165, 1.54) is 11.1 Å². The van der Waals surface area contributed by atoms with Crippen molar-refractivity contribution < 1.29 is 14.7 Å². The number of hydrogen-bond acceptors (Lipinski definition) is 2. The summed E-state index contributed by atoms with van der Waals surface area (Å²) in [7, 11) is 0. The monoisotopic (exact) mass is 322 g/mol. The van der Waals surface area contributed by atoms with E-state index in [0.717, 1.165) is 12.0 Å². The zero-order valence-corrected chi connectivity index (χ0v) is 13.0. The van der Waals surface area contributed by atoms with E-state index in [9.17, 15) is 9.59 Å². The highest BCUT2D eigenvalue weighted by atomic mass is 16.4. The first-order valence-corrected chi connectivity index (χ1v) is 8.08. The Hall–Kier alpha value is -2.82. The van der Waals surface area contributed by atoms with Crippen LogP contribution in [0.5, 0.6) is 0 Å². The molecule has 3 unspecified atom stereocenters. The molecule has 0 radical (unpaired) electrons. The van der Waals surface area contributed by atoms with Gasteiger partial charge in [0.1, 0.15) is 0 Å². The number of amides is 2. The molecule has 1 fully saturated rings. The van der Waals surface area contributed by atoms with Gasteiger partial charge in [0.2, 0.25) is 0 Å². The van der Waals surface area contributed by atoms with E-state index in [1.807, 2.05) is 0 Å². The van der Waals surface area contributed by atoms with Crippen molar-refractivity contribution in [2.75, 3.05) is 0 Å². The second kappa shape index (κ2) is 5.67. The molecule has 3 N–H and O–H groups in total. The molecule has 24 heavy (non-hydrogen) atoms. The van der Waals surface area contributed by atoms with Crippen molar-refractivity contribution in [3.05, 3.63) is 70.8 Å². The van der Waals surface area contributed by atoms with Gasteiger partial charge in [-0.2, -0.15) is 0 Å². The van der Waals surface area contributed by atoms with Gasteiger partial charge < -0.3 is 15.7 Å². The Morgan fingerprint density at radius 2 is 1.83 bits per heavy atom. The molecule has 0 bridgehead atoms. The zero-order valence-electron chi connectivity index (χ0n) is 13.0. The van der Waals surface area contributed by atoms with Crippen molar-refractivity contribution in [2.24, 2.45) is 5.92 Å². The Morgan fingerprint density at radius 1 is 1.08 bits per heavy atom. The molecule has 2 amide bonds. The van der Waals surface area contributed by atoms with E-state index in [2.05, 4.69) is 34.9 Å². The third-order valence-corrected chi connectivity index (χ3v) is 4.99. The van der Waals surface area contributed by atoms with E-state index in [-0.39, 0.29) is 17.6 Å². The van der Waals surface area contributed by atoms with Crippen LogP contribution in [0, 0.1) is 5.92 Å². The van der Waals surface area contributed by atoms with Gasteiger partial charge in [-0.1, -0.05) is 36.4 Å². The van der Waals surface area contributed by atoms with Gasteiger partial charge in [-0.25, -0.2) is 9.59 Å². The van der Waals surface area contributed by atoms with E-state index >= 15 is 0 Å². The second-order valence-corrected chi connectivity index (χ2v) is 6.45. The Bertz CT molecular complexity index is 801. The number of carbonyl (C=O) groups is 2. The molecule has 2 aromatic rings. The smallest absolute Gasteiger partial charge is 0.335 e. The van der Waals surface area contributed by atoms with Gasteiger partial charge in [-0.05, 0) is 41.2 Å². The Morgan fingerprint density at radius 3 is 2.58 bits per heavy atom. The van der Waals surface area contributed by atoms with Crippen molar-refractivity contribution in [3.8, 4) is 0 Å². The summed E-state index contributed by atoms with van der Waals surface area (Å²) in [5.41, 5.74) is 3.89. The summed E-state index contributed by atoms with van der Waals surface area (Å²) >= 11 is 0. The number of benzene rings is 2. The van der Waals surface area contributed by atoms with Gasteiger partial charge in [-0.15, -0.1) is 0 Å². The minimum atomic E-state index is -0.951. The van der Waals surface area contributed by atoms with E-state index in [1.54, 1.807) is 24.3 Å². The molecule has 5 nitrogen and oxygen atoms in total. The fourth-order valence-corrected chi connectivity index (χ4v) is 3.70. The number of rotatable bonds is 4. The molecule has 4 rings (SSSR count). The van der Waals surface area contributed by atoms with E-state index in [0.29, 0.717) is 18.4 Å². The van der Waals surface area contributed by atoms with Crippen LogP contribution in [0.1, 0.15) is 33.0 Å². The van der Waals surface area contributed by atoms with Crippen LogP contribution in [0.3, 0.4) is 0 Å². The highest BCUT2D eigenvalue weighted by Crippen LogP contribution is 2.56. The van der Waals surface area contributed by atoms with Crippen LogP contribution in [0.2, 0.25) is 0 Å². The maximum Gasteiger partial charge on any atom is 0.335 e. The molecule has 1 saturated carbocycles. The number of urea groups is 1. The SMILES string of the molecule is O=C(NCc1ccc(C(=O)O)cc1)NC1C2Cc3ccccc3C21. The van der Waals surface area contributed by atoms with Crippen LogP contribution in [-0.4, -0.2) is 23.1 Å². The molecule has 2 aliphatic carbocycles. The molecule has 122 valence electrons. The number of hydrogen-bond donors (Lipinski definition) is 3. The topological polar surface area (TPSA) is 78.4 Å². The van der Waals surface area contributed by atoms with Crippen molar-refractivity contribution in [3.63, 3.8) is 0 Å². The van der Waals surface area contributed by atoms with Crippen molar-refractivity contribution in [1.29, 1.82) is 0 Å². The summed E-state index contributed by atoms with van der Waals surface area (Å²) < 4.78 is 0. The van der Waals surface area contributed by atoms with Crippen molar-refractivity contribution >= 4 is 12.0 Å². The van der Waals surface area contributed by atoms with Crippen molar-refractivity contribution in [2.45, 2.75) is 24.9 Å². The molecular formula is C19H18N2O3. The highest BCUT2D eigenvalue weighted by Gasteiger charge is 2.56. The van der Waals surface area contributed by atoms with Gasteiger partial charge >= 0.3 is 12.0 Å². The second-order valence-electron chi connectivity index (χ2n) is 6.45. The van der Waals surface area contributed by atoms with Crippen LogP contribution in [-0.2, 0) is 13.0 Å². The largest absolute Gasteiger partial charge is 0.478 e. The summed E-state index contributed by atoms with van der Waals surface area (Å²) in [5.74, 6) is 0.0395. The number of carboxylic acids is 1. The molecule has 0 heterocycles. The fraction of sp³-hybridized carbons (Fsp3) is 0.263. The minimum absolute atomic E-state index is 0.172. The number of aromatic carboxylic acids is 1. The molecule has 0 aliphatic heterocycles. The molecule has 2 aromatic carbocycles. The van der Waals surface area contributed by atoms with Crippen LogP contribution in [0.15, 0.2) is 48.5 Å². The third kappa shape index (κ3) is 2.62. The van der Waals surface area contributed by atoms with Crippen LogP contribution < -0.4 is 10.6 Å². The van der Waals surface area contributed by atoms with Gasteiger partial charge in [0.05, 0.1) is 5.56 Å². The summed E-state index contributed by atoms with van der Waals surface area (Å²) in [6, 6.07) is 15.0. The number of carbonyl (C=O) groups excluding carboxylic acids is 1. The average Bonchev–Trinajstić information content (AvgIpc) is 3.10. The Labute approximate surface area is 139 Å². The zero-order chi connectivity index (χ0) is 16.7. The van der Waals surface area contributed by atoms with Gasteiger partial charge in [0.15, 0.2) is 0 Å². The number of fused-ring (bicyclic) bond motifs is 3. The van der Waals surface area contributed by atoms with E-state index in [4.69, 9.17) is 5.11 Å². The maximum atomic E-state index is 12.1. The molecule has 2 aliphatic rings. The molecule has 0 saturated heterocycles. The van der Waals surface area contributed by atoms with E-state index < -0.39 is 5.97 Å². The molecular weight excluding hydrogens is 304 g/mol. The highest BCUT2D eigenvalue weighted by molar-refractivity contribution is 5.87. The third-order valence-electron chi connectivity index (χ3n) is 4.99. The fourth-order valence-electron chi connectivity index (χ4n) is 3.70. The first-order valence-electron chi connectivity index (χ1n) is 8.08. The van der Waals surface area contributed by atoms with Crippen LogP contribution in [0.4, 0.5) is 4.79 Å². The average molecular weight is 322 g/mol. The number of carboxylic acid groups (broad SMARTS) is 1. The molecule has 5 heteroatoms. The molecule has 3 atom stereocenters.